The molecule has 0 aliphatic rings. The quantitative estimate of drug-likeness (QED) is 0.515. The highest BCUT2D eigenvalue weighted by Crippen LogP contribution is 2.50. The van der Waals surface area contributed by atoms with Crippen LogP contribution in [0.25, 0.3) is 0 Å². The number of benzene rings is 1. The Morgan fingerprint density at radius 2 is 1.94 bits per heavy atom. The predicted octanol–water partition coefficient (Wildman–Crippen LogP) is 4.99. The highest BCUT2D eigenvalue weighted by molar-refractivity contribution is 6.31. The van der Waals surface area contributed by atoms with E-state index < -0.39 is 29.4 Å². The average Bonchev–Trinajstić information content (AvgIpc) is 3.13. The summed E-state index contributed by atoms with van der Waals surface area (Å²) < 4.78 is 48.9. The molecule has 0 fully saturated rings. The van der Waals surface area contributed by atoms with E-state index in [0.717, 1.165) is 16.8 Å². The van der Waals surface area contributed by atoms with Crippen molar-refractivity contribution in [2.75, 3.05) is 0 Å². The molecule has 0 aliphatic heterocycles. The van der Waals surface area contributed by atoms with Crippen LogP contribution in [0.1, 0.15) is 40.2 Å². The molecule has 0 radical (unpaired) electrons. The number of rotatable bonds is 6. The van der Waals surface area contributed by atoms with Crippen LogP contribution in [0.2, 0.25) is 5.02 Å². The summed E-state index contributed by atoms with van der Waals surface area (Å²) in [5.41, 5.74) is -3.93. The number of carboxylic acid groups (broad SMARTS) is 1. The van der Waals surface area contributed by atoms with E-state index in [1.165, 1.54) is 50.4 Å². The van der Waals surface area contributed by atoms with E-state index in [1.54, 1.807) is 6.07 Å². The van der Waals surface area contributed by atoms with Gasteiger partial charge in [-0.15, -0.1) is 0 Å². The van der Waals surface area contributed by atoms with Gasteiger partial charge in [-0.1, -0.05) is 24.6 Å². The van der Waals surface area contributed by atoms with E-state index >= 15 is 0 Å². The smallest absolute Gasteiger partial charge is 0.423 e. The van der Waals surface area contributed by atoms with Crippen molar-refractivity contribution in [2.45, 2.75) is 24.6 Å². The van der Waals surface area contributed by atoms with E-state index in [9.17, 15) is 23.1 Å². The lowest BCUT2D eigenvalue weighted by atomic mass is 9.80. The SMILES string of the molecule is CC(c1ccc(Oc2ccc(C(=O)O)cn2)cc1Cl)C(O)(c1ccc(C#N)n1C)C(F)(F)F. The largest absolute Gasteiger partial charge is 0.478 e. The maximum absolute atomic E-state index is 14.1. The van der Waals surface area contributed by atoms with Gasteiger partial charge in [0.2, 0.25) is 11.5 Å². The van der Waals surface area contributed by atoms with Crippen molar-refractivity contribution in [3.8, 4) is 17.7 Å². The minimum absolute atomic E-state index is 0.00210. The minimum atomic E-state index is -5.08. The molecular weight excluding hydrogens is 463 g/mol. The van der Waals surface area contributed by atoms with Crippen LogP contribution < -0.4 is 4.74 Å². The molecule has 2 heterocycles. The summed E-state index contributed by atoms with van der Waals surface area (Å²) in [5.74, 6) is -2.51. The highest BCUT2D eigenvalue weighted by atomic mass is 35.5. The molecule has 2 aromatic heterocycles. The zero-order valence-electron chi connectivity index (χ0n) is 17.3. The predicted molar refractivity (Wildman–Crippen MR) is 111 cm³/mol. The van der Waals surface area contributed by atoms with Crippen LogP contribution in [0.15, 0.2) is 48.7 Å². The number of aromatic nitrogens is 2. The van der Waals surface area contributed by atoms with Crippen LogP contribution in [0.5, 0.6) is 11.6 Å². The Morgan fingerprint density at radius 1 is 1.24 bits per heavy atom. The van der Waals surface area contributed by atoms with Crippen LogP contribution in [0, 0.1) is 11.3 Å². The Bertz CT molecular complexity index is 1240. The van der Waals surface area contributed by atoms with Crippen molar-refractivity contribution in [3.05, 3.63) is 76.2 Å². The molecule has 172 valence electrons. The second-order valence-corrected chi connectivity index (χ2v) is 7.64. The molecular formula is C22H17ClF3N3O4. The second kappa shape index (κ2) is 8.77. The number of alkyl halides is 3. The van der Waals surface area contributed by atoms with Gasteiger partial charge in [-0.2, -0.15) is 18.4 Å². The maximum atomic E-state index is 14.1. The van der Waals surface area contributed by atoms with Gasteiger partial charge < -0.3 is 19.5 Å². The van der Waals surface area contributed by atoms with Crippen LogP contribution in [-0.4, -0.2) is 31.9 Å². The highest BCUT2D eigenvalue weighted by Gasteiger charge is 2.60. The fourth-order valence-electron chi connectivity index (χ4n) is 3.45. The molecule has 3 aromatic rings. The lowest BCUT2D eigenvalue weighted by Gasteiger charge is -2.37. The van der Waals surface area contributed by atoms with Gasteiger partial charge in [0.25, 0.3) is 0 Å². The van der Waals surface area contributed by atoms with Crippen molar-refractivity contribution in [2.24, 2.45) is 7.05 Å². The first-order chi connectivity index (χ1) is 15.4. The summed E-state index contributed by atoms with van der Waals surface area (Å²) in [6.07, 6.45) is -3.99. The number of pyridine rings is 1. The van der Waals surface area contributed by atoms with Crippen LogP contribution in [0.4, 0.5) is 13.2 Å². The molecule has 3 rings (SSSR count). The zero-order chi connectivity index (χ0) is 24.6. The third kappa shape index (κ3) is 4.37. The van der Waals surface area contributed by atoms with Crippen molar-refractivity contribution >= 4 is 17.6 Å². The van der Waals surface area contributed by atoms with Gasteiger partial charge in [0.15, 0.2) is 0 Å². The Morgan fingerprint density at radius 3 is 2.42 bits per heavy atom. The summed E-state index contributed by atoms with van der Waals surface area (Å²) in [6, 6.07) is 10.5. The number of carbonyl (C=O) groups is 1. The summed E-state index contributed by atoms with van der Waals surface area (Å²) in [7, 11) is 1.26. The monoisotopic (exact) mass is 479 g/mol. The van der Waals surface area contributed by atoms with Crippen molar-refractivity contribution in [3.63, 3.8) is 0 Å². The molecule has 0 saturated heterocycles. The van der Waals surface area contributed by atoms with Crippen LogP contribution in [0.3, 0.4) is 0 Å². The number of carboxylic acids is 1. The standard InChI is InChI=1S/C22H17ClF3N3O4/c1-12(21(32,22(24,25)26)18-7-4-14(10-27)29(18)2)16-6-5-15(9-17(16)23)33-19-8-3-13(11-28-19)20(30)31/h3-9,11-12,32H,1-2H3,(H,30,31). The van der Waals surface area contributed by atoms with Gasteiger partial charge in [0, 0.05) is 30.3 Å². The third-order valence-electron chi connectivity index (χ3n) is 5.33. The van der Waals surface area contributed by atoms with E-state index in [2.05, 4.69) is 4.98 Å². The molecule has 0 saturated carbocycles. The first-order valence-electron chi connectivity index (χ1n) is 9.42. The second-order valence-electron chi connectivity index (χ2n) is 7.24. The molecule has 33 heavy (non-hydrogen) atoms. The maximum Gasteiger partial charge on any atom is 0.423 e. The summed E-state index contributed by atoms with van der Waals surface area (Å²) in [4.78, 5) is 14.7. The zero-order valence-corrected chi connectivity index (χ0v) is 18.0. The average molecular weight is 480 g/mol. The minimum Gasteiger partial charge on any atom is -0.478 e. The molecule has 7 nitrogen and oxygen atoms in total. The number of hydrogen-bond acceptors (Lipinski definition) is 5. The van der Waals surface area contributed by atoms with Gasteiger partial charge >= 0.3 is 12.1 Å². The lowest BCUT2D eigenvalue weighted by molar-refractivity contribution is -0.276. The van der Waals surface area contributed by atoms with Gasteiger partial charge in [0.05, 0.1) is 11.3 Å². The number of ether oxygens (including phenoxy) is 1. The molecule has 0 bridgehead atoms. The number of aliphatic hydroxyl groups is 1. The van der Waals surface area contributed by atoms with Crippen molar-refractivity contribution in [1.82, 2.24) is 9.55 Å². The fourth-order valence-corrected chi connectivity index (χ4v) is 3.79. The van der Waals surface area contributed by atoms with E-state index in [-0.39, 0.29) is 33.5 Å². The summed E-state index contributed by atoms with van der Waals surface area (Å²) in [6.45, 7) is 1.18. The van der Waals surface area contributed by atoms with E-state index in [4.69, 9.17) is 26.7 Å². The fraction of sp³-hybridized carbons (Fsp3) is 0.227. The van der Waals surface area contributed by atoms with Gasteiger partial charge in [0.1, 0.15) is 17.5 Å². The Balaban J connectivity index is 1.96. The Kier molecular flexibility index (Phi) is 6.40. The van der Waals surface area contributed by atoms with Gasteiger partial charge in [-0.25, -0.2) is 9.78 Å². The molecule has 2 unspecified atom stereocenters. The van der Waals surface area contributed by atoms with Crippen molar-refractivity contribution in [1.29, 1.82) is 5.26 Å². The van der Waals surface area contributed by atoms with Crippen LogP contribution in [-0.2, 0) is 12.6 Å². The van der Waals surface area contributed by atoms with Crippen molar-refractivity contribution < 1.29 is 32.9 Å². The number of nitrogens with zero attached hydrogens (tertiary/aromatic N) is 3. The number of hydrogen-bond donors (Lipinski definition) is 2. The Hall–Kier alpha value is -3.55. The first kappa shape index (κ1) is 24.1. The summed E-state index contributed by atoms with van der Waals surface area (Å²) in [5, 5.41) is 28.8. The first-order valence-corrected chi connectivity index (χ1v) is 9.80. The number of aromatic carboxylic acids is 1. The third-order valence-corrected chi connectivity index (χ3v) is 5.66. The van der Waals surface area contributed by atoms with Gasteiger partial charge in [-0.05, 0) is 35.9 Å². The lowest BCUT2D eigenvalue weighted by Crippen LogP contribution is -2.47. The normalized spacial score (nSPS) is 14.2. The molecule has 0 spiro atoms. The molecule has 1 aromatic carbocycles. The van der Waals surface area contributed by atoms with Gasteiger partial charge in [-0.3, -0.25) is 0 Å². The number of halogens is 4. The van der Waals surface area contributed by atoms with E-state index in [1.807, 2.05) is 0 Å². The molecule has 0 amide bonds. The number of nitriles is 1. The molecule has 11 heteroatoms. The summed E-state index contributed by atoms with van der Waals surface area (Å²) >= 11 is 6.26. The molecule has 2 atom stereocenters. The Labute approximate surface area is 191 Å². The van der Waals surface area contributed by atoms with E-state index in [0.29, 0.717) is 0 Å². The molecule has 0 aliphatic carbocycles. The topological polar surface area (TPSA) is 108 Å². The van der Waals surface area contributed by atoms with Crippen LogP contribution >= 0.6 is 11.6 Å². The molecule has 2 N–H and O–H groups in total.